The number of hydrogen-bond acceptors (Lipinski definition) is 4. The summed E-state index contributed by atoms with van der Waals surface area (Å²) < 4.78 is 24.6. The van der Waals surface area contributed by atoms with Crippen LogP contribution in [0.2, 0.25) is 5.02 Å². The van der Waals surface area contributed by atoms with Gasteiger partial charge >= 0.3 is 0 Å². The van der Waals surface area contributed by atoms with E-state index in [-0.39, 0.29) is 0 Å². The lowest BCUT2D eigenvalue weighted by Crippen LogP contribution is -2.20. The fraction of sp³-hybridized carbons (Fsp3) is 0.280. The molecule has 3 aromatic rings. The molecule has 0 saturated heterocycles. The Hall–Kier alpha value is -2.34. The second-order valence-electron chi connectivity index (χ2n) is 7.29. The number of methoxy groups -OCH3 is 1. The first-order valence-corrected chi connectivity index (χ1v) is 11.8. The highest BCUT2D eigenvalue weighted by Crippen LogP contribution is 2.29. The molecule has 0 N–H and O–H groups in total. The van der Waals surface area contributed by atoms with Gasteiger partial charge in [-0.25, -0.2) is 4.21 Å². The molecule has 0 heterocycles. The van der Waals surface area contributed by atoms with Crippen LogP contribution in [-0.4, -0.2) is 36.4 Å². The van der Waals surface area contributed by atoms with Gasteiger partial charge < -0.3 is 14.4 Å². The van der Waals surface area contributed by atoms with Crippen LogP contribution in [0, 0.1) is 0 Å². The molecule has 0 amide bonds. The van der Waals surface area contributed by atoms with Gasteiger partial charge in [0.2, 0.25) is 0 Å². The molecule has 0 bridgehead atoms. The molecule has 0 aliphatic rings. The van der Waals surface area contributed by atoms with Gasteiger partial charge in [0, 0.05) is 16.5 Å². The zero-order valence-corrected chi connectivity index (χ0v) is 19.7. The van der Waals surface area contributed by atoms with E-state index in [9.17, 15) is 4.21 Å². The van der Waals surface area contributed by atoms with Crippen molar-refractivity contribution in [3.63, 3.8) is 0 Å². The standard InChI is InChI=1S/C25H28ClNO3S/c1-4-27(2)16-15-19-7-14-24(29-3)25(17-19)31(28)23-12-10-22(11-13-23)30-18-20-5-8-21(26)9-6-20/h5-14,17H,4,15-16,18H2,1-3H3. The van der Waals surface area contributed by atoms with Gasteiger partial charge in [-0.05, 0) is 79.7 Å². The lowest BCUT2D eigenvalue weighted by Gasteiger charge is -2.15. The van der Waals surface area contributed by atoms with Crippen molar-refractivity contribution in [2.75, 3.05) is 27.2 Å². The van der Waals surface area contributed by atoms with Crippen LogP contribution >= 0.6 is 11.6 Å². The van der Waals surface area contributed by atoms with Crippen molar-refractivity contribution in [3.8, 4) is 11.5 Å². The van der Waals surface area contributed by atoms with E-state index in [1.165, 1.54) is 0 Å². The number of likely N-dealkylation sites (N-methyl/N-ethyl adjacent to an activating group) is 1. The fourth-order valence-corrected chi connectivity index (χ4v) is 4.39. The predicted molar refractivity (Wildman–Crippen MR) is 127 cm³/mol. The monoisotopic (exact) mass is 457 g/mol. The smallest absolute Gasteiger partial charge is 0.135 e. The van der Waals surface area contributed by atoms with Crippen LogP contribution in [0.25, 0.3) is 0 Å². The van der Waals surface area contributed by atoms with Gasteiger partial charge in [-0.2, -0.15) is 0 Å². The van der Waals surface area contributed by atoms with E-state index in [1.54, 1.807) is 7.11 Å². The third kappa shape index (κ3) is 6.57. The van der Waals surface area contributed by atoms with Crippen LogP contribution in [0.3, 0.4) is 0 Å². The minimum atomic E-state index is -1.34. The van der Waals surface area contributed by atoms with Crippen molar-refractivity contribution in [2.45, 2.75) is 29.7 Å². The Bertz CT molecular complexity index is 1010. The molecular weight excluding hydrogens is 430 g/mol. The molecule has 0 fully saturated rings. The molecule has 164 valence electrons. The van der Waals surface area contributed by atoms with E-state index in [4.69, 9.17) is 21.1 Å². The largest absolute Gasteiger partial charge is 0.495 e. The average molecular weight is 458 g/mol. The molecule has 0 radical (unpaired) electrons. The summed E-state index contributed by atoms with van der Waals surface area (Å²) in [5, 5.41) is 0.701. The quantitative estimate of drug-likeness (QED) is 0.398. The highest BCUT2D eigenvalue weighted by Gasteiger charge is 2.14. The molecule has 0 aliphatic carbocycles. The molecule has 31 heavy (non-hydrogen) atoms. The van der Waals surface area contributed by atoms with Gasteiger partial charge in [0.15, 0.2) is 0 Å². The predicted octanol–water partition coefficient (Wildman–Crippen LogP) is 5.59. The maximum absolute atomic E-state index is 13.3. The molecule has 1 atom stereocenters. The maximum Gasteiger partial charge on any atom is 0.135 e. The normalized spacial score (nSPS) is 12.0. The molecule has 0 saturated carbocycles. The van der Waals surface area contributed by atoms with Gasteiger partial charge in [-0.1, -0.05) is 36.7 Å². The number of benzene rings is 3. The summed E-state index contributed by atoms with van der Waals surface area (Å²) in [4.78, 5) is 3.65. The zero-order chi connectivity index (χ0) is 22.2. The third-order valence-corrected chi connectivity index (χ3v) is 6.78. The van der Waals surface area contributed by atoms with Crippen molar-refractivity contribution in [3.05, 3.63) is 82.9 Å². The Balaban J connectivity index is 1.70. The SMILES string of the molecule is CCN(C)CCc1ccc(OC)c(S(=O)c2ccc(OCc3ccc(Cl)cc3)cc2)c1. The molecule has 1 unspecified atom stereocenters. The Morgan fingerprint density at radius 2 is 1.65 bits per heavy atom. The van der Waals surface area contributed by atoms with Crippen molar-refractivity contribution in [2.24, 2.45) is 0 Å². The van der Waals surface area contributed by atoms with Crippen LogP contribution in [0.5, 0.6) is 11.5 Å². The summed E-state index contributed by atoms with van der Waals surface area (Å²) in [6, 6.07) is 20.8. The molecule has 0 aromatic heterocycles. The summed E-state index contributed by atoms with van der Waals surface area (Å²) in [6.45, 7) is 4.54. The Kier molecular flexibility index (Phi) is 8.52. The average Bonchev–Trinajstić information content (AvgIpc) is 2.81. The van der Waals surface area contributed by atoms with E-state index in [0.29, 0.717) is 27.2 Å². The molecule has 3 aromatic carbocycles. The number of ether oxygens (including phenoxy) is 2. The topological polar surface area (TPSA) is 38.8 Å². The van der Waals surface area contributed by atoms with Crippen LogP contribution in [0.15, 0.2) is 76.5 Å². The lowest BCUT2D eigenvalue weighted by molar-refractivity contribution is 0.306. The van der Waals surface area contributed by atoms with Gasteiger partial charge in [0.05, 0.1) is 22.8 Å². The van der Waals surface area contributed by atoms with Gasteiger partial charge in [-0.15, -0.1) is 0 Å². The molecule has 0 spiro atoms. The number of hydrogen-bond donors (Lipinski definition) is 0. The van der Waals surface area contributed by atoms with Crippen molar-refractivity contribution < 1.29 is 13.7 Å². The number of rotatable bonds is 10. The van der Waals surface area contributed by atoms with Crippen LogP contribution < -0.4 is 9.47 Å². The Morgan fingerprint density at radius 3 is 2.29 bits per heavy atom. The molecule has 0 aliphatic heterocycles. The van der Waals surface area contributed by atoms with Crippen LogP contribution in [-0.2, 0) is 23.8 Å². The van der Waals surface area contributed by atoms with E-state index in [2.05, 4.69) is 18.9 Å². The Morgan fingerprint density at radius 1 is 0.968 bits per heavy atom. The second-order valence-corrected chi connectivity index (χ2v) is 9.17. The molecule has 6 heteroatoms. The first-order chi connectivity index (χ1) is 15.0. The minimum Gasteiger partial charge on any atom is -0.495 e. The second kappa shape index (κ2) is 11.3. The van der Waals surface area contributed by atoms with Crippen LogP contribution in [0.1, 0.15) is 18.1 Å². The fourth-order valence-electron chi connectivity index (χ4n) is 3.03. The summed E-state index contributed by atoms with van der Waals surface area (Å²) in [5.41, 5.74) is 2.18. The Labute approximate surface area is 192 Å². The van der Waals surface area contributed by atoms with E-state index in [1.807, 2.05) is 66.7 Å². The van der Waals surface area contributed by atoms with E-state index < -0.39 is 10.8 Å². The zero-order valence-electron chi connectivity index (χ0n) is 18.1. The van der Waals surface area contributed by atoms with E-state index in [0.717, 1.165) is 36.4 Å². The highest BCUT2D eigenvalue weighted by atomic mass is 35.5. The minimum absolute atomic E-state index is 0.446. The molecule has 4 nitrogen and oxygen atoms in total. The first kappa shape index (κ1) is 23.3. The van der Waals surface area contributed by atoms with Gasteiger partial charge in [-0.3, -0.25) is 0 Å². The lowest BCUT2D eigenvalue weighted by atomic mass is 10.1. The molecule has 3 rings (SSSR count). The summed E-state index contributed by atoms with van der Waals surface area (Å²) in [6.07, 6.45) is 0.899. The summed E-state index contributed by atoms with van der Waals surface area (Å²) >= 11 is 5.92. The van der Waals surface area contributed by atoms with Crippen molar-refractivity contribution >= 4 is 22.4 Å². The van der Waals surface area contributed by atoms with Crippen molar-refractivity contribution in [1.29, 1.82) is 0 Å². The summed E-state index contributed by atoms with van der Waals surface area (Å²) in [7, 11) is 2.36. The first-order valence-electron chi connectivity index (χ1n) is 10.2. The van der Waals surface area contributed by atoms with Crippen molar-refractivity contribution in [1.82, 2.24) is 4.90 Å². The van der Waals surface area contributed by atoms with Crippen LogP contribution in [0.4, 0.5) is 0 Å². The number of halogens is 1. The van der Waals surface area contributed by atoms with Gasteiger partial charge in [0.25, 0.3) is 0 Å². The number of nitrogens with zero attached hydrogens (tertiary/aromatic N) is 1. The molecular formula is C25H28ClNO3S. The maximum atomic E-state index is 13.3. The third-order valence-electron chi connectivity index (χ3n) is 5.11. The summed E-state index contributed by atoms with van der Waals surface area (Å²) in [5.74, 6) is 1.35. The van der Waals surface area contributed by atoms with Gasteiger partial charge in [0.1, 0.15) is 18.1 Å². The highest BCUT2D eigenvalue weighted by molar-refractivity contribution is 7.85. The van der Waals surface area contributed by atoms with E-state index >= 15 is 0 Å².